The summed E-state index contributed by atoms with van der Waals surface area (Å²) in [6.45, 7) is 18.1. The second-order valence-corrected chi connectivity index (χ2v) is 13.4. The fourth-order valence-corrected chi connectivity index (χ4v) is 7.53. The number of carbonyl (C=O) groups is 3. The summed E-state index contributed by atoms with van der Waals surface area (Å²) in [5, 5.41) is 13.6. The molecule has 8 nitrogen and oxygen atoms in total. The molecule has 2 amide bonds. The number of aliphatic hydroxyl groups is 1. The number of fused-ring (bicyclic) bond motifs is 1. The van der Waals surface area contributed by atoms with Gasteiger partial charge in [0.15, 0.2) is 0 Å². The van der Waals surface area contributed by atoms with Gasteiger partial charge in [-0.15, -0.1) is 0 Å². The Morgan fingerprint density at radius 2 is 1.83 bits per heavy atom. The van der Waals surface area contributed by atoms with Crippen LogP contribution in [-0.2, 0) is 23.9 Å². The lowest BCUT2D eigenvalue weighted by Crippen LogP contribution is -2.61. The van der Waals surface area contributed by atoms with Gasteiger partial charge in [0.25, 0.3) is 0 Å². The number of aliphatic hydroxyl groups excluding tert-OH is 1. The Balaban J connectivity index is 2.10. The van der Waals surface area contributed by atoms with Gasteiger partial charge in [-0.05, 0) is 64.2 Å². The summed E-state index contributed by atoms with van der Waals surface area (Å²) < 4.78 is 12.2. The first-order valence-corrected chi connectivity index (χ1v) is 13.7. The molecule has 8 heteroatoms. The van der Waals surface area contributed by atoms with E-state index in [4.69, 9.17) is 9.47 Å². The molecule has 206 valence electrons. The van der Waals surface area contributed by atoms with E-state index < -0.39 is 46.6 Å². The molecule has 0 aromatic rings. The maximum atomic E-state index is 14.2. The van der Waals surface area contributed by atoms with Crippen molar-refractivity contribution in [1.29, 1.82) is 0 Å². The summed E-state index contributed by atoms with van der Waals surface area (Å²) in [5.74, 6) is -2.35. The van der Waals surface area contributed by atoms with Crippen LogP contribution in [0.2, 0.25) is 0 Å². The molecule has 3 aliphatic rings. The first kappa shape index (κ1) is 28.9. The second-order valence-electron chi connectivity index (χ2n) is 13.4. The maximum absolute atomic E-state index is 14.2. The van der Waals surface area contributed by atoms with Gasteiger partial charge < -0.3 is 24.8 Å². The normalized spacial score (nSPS) is 32.7. The van der Waals surface area contributed by atoms with Gasteiger partial charge in [0, 0.05) is 5.54 Å². The Labute approximate surface area is 216 Å². The summed E-state index contributed by atoms with van der Waals surface area (Å²) in [4.78, 5) is 43.1. The Bertz CT molecular complexity index is 865. The van der Waals surface area contributed by atoms with Crippen molar-refractivity contribution in [2.24, 2.45) is 23.2 Å². The Morgan fingerprint density at radius 3 is 2.33 bits per heavy atom. The van der Waals surface area contributed by atoms with E-state index in [0.717, 1.165) is 6.42 Å². The van der Waals surface area contributed by atoms with Crippen molar-refractivity contribution in [1.82, 2.24) is 10.2 Å². The van der Waals surface area contributed by atoms with Crippen molar-refractivity contribution in [2.75, 3.05) is 13.2 Å². The second kappa shape index (κ2) is 9.90. The number of nitrogens with one attached hydrogen (secondary N) is 1. The molecular formula is C28H48N2O6. The van der Waals surface area contributed by atoms with Crippen molar-refractivity contribution >= 4 is 17.8 Å². The van der Waals surface area contributed by atoms with Crippen LogP contribution < -0.4 is 5.32 Å². The molecule has 2 N–H and O–H groups in total. The van der Waals surface area contributed by atoms with Crippen molar-refractivity contribution < 1.29 is 29.0 Å². The number of nitrogens with zero attached hydrogens (tertiary/aromatic N) is 1. The molecule has 3 rings (SSSR count). The molecule has 0 aromatic carbocycles. The van der Waals surface area contributed by atoms with Crippen LogP contribution in [0.3, 0.4) is 0 Å². The van der Waals surface area contributed by atoms with Crippen LogP contribution in [0.15, 0.2) is 0 Å². The minimum atomic E-state index is -1.11. The third-order valence-corrected chi connectivity index (χ3v) is 8.19. The SMILES string of the molecule is CCOC(=O)[C@H]1[C@H]2C(=O)N([C@@H](CO)CC(C)C)C(C(=O)NC(C)(C)CC(C)(C)C)C23CC[C@]1(CC)O3. The van der Waals surface area contributed by atoms with E-state index in [1.807, 2.05) is 34.6 Å². The molecule has 2 unspecified atom stereocenters. The first-order valence-electron chi connectivity index (χ1n) is 13.7. The number of ether oxygens (including phenoxy) is 2. The van der Waals surface area contributed by atoms with Crippen LogP contribution in [0, 0.1) is 23.2 Å². The van der Waals surface area contributed by atoms with Crippen molar-refractivity contribution in [3.05, 3.63) is 0 Å². The summed E-state index contributed by atoms with van der Waals surface area (Å²) in [7, 11) is 0. The van der Waals surface area contributed by atoms with Gasteiger partial charge in [-0.25, -0.2) is 0 Å². The molecule has 0 aliphatic carbocycles. The van der Waals surface area contributed by atoms with E-state index in [1.165, 1.54) is 0 Å². The Kier molecular flexibility index (Phi) is 7.94. The monoisotopic (exact) mass is 508 g/mol. The highest BCUT2D eigenvalue weighted by Crippen LogP contribution is 2.64. The molecule has 1 spiro atoms. The number of likely N-dealkylation sites (tertiary alicyclic amines) is 1. The van der Waals surface area contributed by atoms with Gasteiger partial charge >= 0.3 is 5.97 Å². The molecular weight excluding hydrogens is 460 g/mol. The van der Waals surface area contributed by atoms with Gasteiger partial charge in [0.05, 0.1) is 30.8 Å². The number of hydrogen-bond donors (Lipinski definition) is 2. The third-order valence-electron chi connectivity index (χ3n) is 8.19. The van der Waals surface area contributed by atoms with E-state index in [2.05, 4.69) is 26.1 Å². The quantitative estimate of drug-likeness (QED) is 0.438. The van der Waals surface area contributed by atoms with Crippen molar-refractivity contribution in [2.45, 2.75) is 123 Å². The largest absolute Gasteiger partial charge is 0.466 e. The van der Waals surface area contributed by atoms with E-state index in [1.54, 1.807) is 11.8 Å². The van der Waals surface area contributed by atoms with Crippen molar-refractivity contribution in [3.63, 3.8) is 0 Å². The fourth-order valence-electron chi connectivity index (χ4n) is 7.53. The number of rotatable bonds is 10. The van der Waals surface area contributed by atoms with Gasteiger partial charge in [0.2, 0.25) is 11.8 Å². The van der Waals surface area contributed by atoms with E-state index in [9.17, 15) is 19.5 Å². The predicted molar refractivity (Wildman–Crippen MR) is 137 cm³/mol. The van der Waals surface area contributed by atoms with Crippen LogP contribution in [0.5, 0.6) is 0 Å². The molecule has 3 heterocycles. The lowest BCUT2D eigenvalue weighted by molar-refractivity contribution is -0.162. The van der Waals surface area contributed by atoms with Gasteiger partial charge in [-0.2, -0.15) is 0 Å². The highest BCUT2D eigenvalue weighted by Gasteiger charge is 2.79. The highest BCUT2D eigenvalue weighted by atomic mass is 16.6. The average Bonchev–Trinajstić information content (AvgIpc) is 3.33. The molecule has 6 atom stereocenters. The molecule has 3 saturated heterocycles. The zero-order valence-electron chi connectivity index (χ0n) is 23.8. The summed E-state index contributed by atoms with van der Waals surface area (Å²) >= 11 is 0. The van der Waals surface area contributed by atoms with E-state index in [-0.39, 0.29) is 36.4 Å². The topological polar surface area (TPSA) is 105 Å². The standard InChI is InChI=1S/C28H48N2O6/c1-10-27-12-13-28(36-27)19(20(27)24(34)35-11-2)23(33)30(18(15-31)14-17(3)4)21(28)22(32)29-26(8,9)16-25(5,6)7/h17-21,31H,10-16H2,1-9H3,(H,29,32)/t18-,19+,20-,21?,27+,28?/m1/s1. The molecule has 0 aromatic heterocycles. The average molecular weight is 509 g/mol. The van der Waals surface area contributed by atoms with Gasteiger partial charge in [-0.3, -0.25) is 14.4 Å². The summed E-state index contributed by atoms with van der Waals surface area (Å²) in [5.41, 5.74) is -2.47. The van der Waals surface area contributed by atoms with Crippen LogP contribution in [0.4, 0.5) is 0 Å². The molecule has 36 heavy (non-hydrogen) atoms. The highest BCUT2D eigenvalue weighted by molar-refractivity contribution is 5.99. The Morgan fingerprint density at radius 1 is 1.19 bits per heavy atom. The van der Waals surface area contributed by atoms with Gasteiger partial charge in [-0.1, -0.05) is 41.5 Å². The van der Waals surface area contributed by atoms with Crippen LogP contribution in [-0.4, -0.2) is 69.8 Å². The molecule has 3 aliphatic heterocycles. The maximum Gasteiger partial charge on any atom is 0.312 e. The van der Waals surface area contributed by atoms with Crippen LogP contribution in [0.25, 0.3) is 0 Å². The summed E-state index contributed by atoms with van der Waals surface area (Å²) in [6, 6.07) is -1.46. The number of amides is 2. The zero-order valence-corrected chi connectivity index (χ0v) is 23.8. The van der Waals surface area contributed by atoms with Gasteiger partial charge in [0.1, 0.15) is 17.6 Å². The zero-order chi connectivity index (χ0) is 27.3. The minimum absolute atomic E-state index is 0.0162. The number of hydrogen-bond acceptors (Lipinski definition) is 6. The lowest BCUT2D eigenvalue weighted by atomic mass is 9.65. The molecule has 2 bridgehead atoms. The minimum Gasteiger partial charge on any atom is -0.466 e. The third kappa shape index (κ3) is 4.92. The molecule has 0 saturated carbocycles. The fraction of sp³-hybridized carbons (Fsp3) is 0.893. The smallest absolute Gasteiger partial charge is 0.312 e. The number of carbonyl (C=O) groups excluding carboxylic acids is 3. The van der Waals surface area contributed by atoms with Crippen molar-refractivity contribution in [3.8, 4) is 0 Å². The first-order chi connectivity index (χ1) is 16.6. The predicted octanol–water partition coefficient (Wildman–Crippen LogP) is 3.44. The Hall–Kier alpha value is -1.67. The number of esters is 1. The van der Waals surface area contributed by atoms with Crippen LogP contribution >= 0.6 is 0 Å². The summed E-state index contributed by atoms with van der Waals surface area (Å²) in [6.07, 6.45) is 2.95. The lowest BCUT2D eigenvalue weighted by Gasteiger charge is -2.40. The van der Waals surface area contributed by atoms with E-state index in [0.29, 0.717) is 25.7 Å². The molecule has 0 radical (unpaired) electrons. The van der Waals surface area contributed by atoms with E-state index >= 15 is 0 Å². The van der Waals surface area contributed by atoms with Crippen LogP contribution in [0.1, 0.15) is 94.4 Å². The molecule has 3 fully saturated rings.